The molecule has 1 aliphatic rings. The summed E-state index contributed by atoms with van der Waals surface area (Å²) in [5.74, 6) is 1.04. The van der Waals surface area contributed by atoms with Crippen LogP contribution in [0.5, 0.6) is 5.75 Å². The largest absolute Gasteiger partial charge is 0.490 e. The van der Waals surface area contributed by atoms with E-state index in [9.17, 15) is 9.59 Å². The van der Waals surface area contributed by atoms with Gasteiger partial charge in [0.05, 0.1) is 16.0 Å². The van der Waals surface area contributed by atoms with Crippen LogP contribution in [0.15, 0.2) is 35.7 Å². The van der Waals surface area contributed by atoms with Gasteiger partial charge in [-0.05, 0) is 49.8 Å². The third-order valence-electron chi connectivity index (χ3n) is 4.60. The van der Waals surface area contributed by atoms with Crippen molar-refractivity contribution in [1.29, 1.82) is 0 Å². The van der Waals surface area contributed by atoms with Gasteiger partial charge in [-0.1, -0.05) is 19.9 Å². The van der Waals surface area contributed by atoms with E-state index in [2.05, 4.69) is 19.2 Å². The van der Waals surface area contributed by atoms with E-state index in [1.165, 1.54) is 11.3 Å². The average Bonchev–Trinajstić information content (AvgIpc) is 3.13. The number of fused-ring (bicyclic) bond motifs is 1. The number of nitrogens with zero attached hydrogens (tertiary/aromatic N) is 1. The summed E-state index contributed by atoms with van der Waals surface area (Å²) in [4.78, 5) is 27.8. The maximum absolute atomic E-state index is 13.0. The van der Waals surface area contributed by atoms with Crippen molar-refractivity contribution in [3.05, 3.63) is 40.6 Å². The summed E-state index contributed by atoms with van der Waals surface area (Å²) in [6, 6.07) is 9.12. The van der Waals surface area contributed by atoms with E-state index in [0.717, 1.165) is 12.1 Å². The lowest BCUT2D eigenvalue weighted by Crippen LogP contribution is -2.42. The molecule has 1 N–H and O–H groups in total. The van der Waals surface area contributed by atoms with Crippen molar-refractivity contribution in [1.82, 2.24) is 0 Å². The quantitative estimate of drug-likeness (QED) is 0.803. The fraction of sp³-hybridized carbons (Fsp3) is 0.429. The zero-order valence-corrected chi connectivity index (χ0v) is 17.1. The van der Waals surface area contributed by atoms with Crippen LogP contribution < -0.4 is 15.0 Å². The molecule has 2 amide bonds. The molecule has 3 rings (SSSR count). The van der Waals surface area contributed by atoms with Gasteiger partial charge in [0.2, 0.25) is 5.91 Å². The fourth-order valence-corrected chi connectivity index (χ4v) is 3.55. The number of benzene rings is 1. The summed E-state index contributed by atoms with van der Waals surface area (Å²) in [6.45, 7) is 9.06. The van der Waals surface area contributed by atoms with Gasteiger partial charge in [-0.25, -0.2) is 0 Å². The van der Waals surface area contributed by atoms with Crippen molar-refractivity contribution in [3.8, 4) is 5.75 Å². The van der Waals surface area contributed by atoms with Crippen molar-refractivity contribution < 1.29 is 14.3 Å². The zero-order chi connectivity index (χ0) is 19.6. The molecule has 0 saturated carbocycles. The van der Waals surface area contributed by atoms with E-state index < -0.39 is 5.41 Å². The Bertz CT molecular complexity index is 828. The number of carbonyl (C=O) groups excluding carboxylic acids is 2. The molecule has 6 heteroatoms. The normalized spacial score (nSPS) is 15.9. The third kappa shape index (κ3) is 4.33. The number of rotatable bonds is 5. The smallest absolute Gasteiger partial charge is 0.265 e. The van der Waals surface area contributed by atoms with Gasteiger partial charge in [0.25, 0.3) is 5.91 Å². The van der Waals surface area contributed by atoms with E-state index >= 15 is 0 Å². The predicted molar refractivity (Wildman–Crippen MR) is 110 cm³/mol. The number of hydrogen-bond acceptors (Lipinski definition) is 4. The summed E-state index contributed by atoms with van der Waals surface area (Å²) in [5, 5.41) is 4.77. The Kier molecular flexibility index (Phi) is 5.56. The van der Waals surface area contributed by atoms with Gasteiger partial charge < -0.3 is 15.0 Å². The zero-order valence-electron chi connectivity index (χ0n) is 16.2. The molecule has 5 nitrogen and oxygen atoms in total. The molecule has 2 heterocycles. The molecule has 27 heavy (non-hydrogen) atoms. The maximum atomic E-state index is 13.0. The Morgan fingerprint density at radius 2 is 2.11 bits per heavy atom. The molecule has 0 fully saturated rings. The number of thiophene rings is 1. The molecule has 0 spiro atoms. The average molecular weight is 387 g/mol. The molecule has 0 radical (unpaired) electrons. The fourth-order valence-electron chi connectivity index (χ4n) is 2.93. The first kappa shape index (κ1) is 19.4. The van der Waals surface area contributed by atoms with Crippen molar-refractivity contribution in [2.45, 2.75) is 34.1 Å². The van der Waals surface area contributed by atoms with Crippen molar-refractivity contribution >= 4 is 34.5 Å². The lowest BCUT2D eigenvalue weighted by Gasteiger charge is -2.28. The summed E-state index contributed by atoms with van der Waals surface area (Å²) in [7, 11) is 0. The van der Waals surface area contributed by atoms with E-state index in [4.69, 9.17) is 4.74 Å². The summed E-state index contributed by atoms with van der Waals surface area (Å²) < 4.78 is 5.97. The van der Waals surface area contributed by atoms with Crippen molar-refractivity contribution in [2.75, 3.05) is 23.4 Å². The topological polar surface area (TPSA) is 58.6 Å². The van der Waals surface area contributed by atoms with Gasteiger partial charge in [-0.2, -0.15) is 0 Å². The summed E-state index contributed by atoms with van der Waals surface area (Å²) in [5.41, 5.74) is 0.819. The van der Waals surface area contributed by atoms with Crippen LogP contribution in [0.4, 0.5) is 11.4 Å². The summed E-state index contributed by atoms with van der Waals surface area (Å²) >= 11 is 1.40. The van der Waals surface area contributed by atoms with Gasteiger partial charge in [-0.3, -0.25) is 9.59 Å². The van der Waals surface area contributed by atoms with E-state index in [1.807, 2.05) is 42.3 Å². The molecule has 144 valence electrons. The standard InChI is InChI=1S/C21H26N2O3S/c1-14(2)9-10-23-16-8-7-15(22-19(24)18-6-5-11-27-18)12-17(16)26-13-21(3,4)20(23)25/h5-8,11-12,14H,9-10,13H2,1-4H3,(H,22,24). The molecule has 0 aliphatic carbocycles. The van der Waals surface area contributed by atoms with E-state index in [1.54, 1.807) is 12.1 Å². The van der Waals surface area contributed by atoms with Gasteiger partial charge in [-0.15, -0.1) is 11.3 Å². The van der Waals surface area contributed by atoms with E-state index in [0.29, 0.717) is 35.4 Å². The van der Waals surface area contributed by atoms with Gasteiger partial charge in [0, 0.05) is 18.3 Å². The minimum Gasteiger partial charge on any atom is -0.490 e. The van der Waals surface area contributed by atoms with Crippen LogP contribution in [0, 0.1) is 11.3 Å². The monoisotopic (exact) mass is 386 g/mol. The third-order valence-corrected chi connectivity index (χ3v) is 5.46. The molecule has 2 aromatic rings. The van der Waals surface area contributed by atoms with Crippen LogP contribution in [0.2, 0.25) is 0 Å². The Morgan fingerprint density at radius 1 is 1.33 bits per heavy atom. The van der Waals surface area contributed by atoms with Crippen LogP contribution in [-0.4, -0.2) is 25.0 Å². The maximum Gasteiger partial charge on any atom is 0.265 e. The minimum atomic E-state index is -0.601. The predicted octanol–water partition coefficient (Wildman–Crippen LogP) is 4.80. The highest BCUT2D eigenvalue weighted by Gasteiger charge is 2.37. The Labute approximate surface area is 164 Å². The molecule has 1 aromatic carbocycles. The lowest BCUT2D eigenvalue weighted by molar-refractivity contribution is -0.127. The highest BCUT2D eigenvalue weighted by atomic mass is 32.1. The molecule has 0 unspecified atom stereocenters. The van der Waals surface area contributed by atoms with Crippen LogP contribution >= 0.6 is 11.3 Å². The molecular formula is C21H26N2O3S. The number of carbonyl (C=O) groups is 2. The second kappa shape index (κ2) is 7.72. The molecule has 1 aliphatic heterocycles. The highest BCUT2D eigenvalue weighted by molar-refractivity contribution is 7.12. The van der Waals surface area contributed by atoms with Crippen LogP contribution in [0.25, 0.3) is 0 Å². The minimum absolute atomic E-state index is 0.0669. The van der Waals surface area contributed by atoms with Crippen LogP contribution in [0.1, 0.15) is 43.8 Å². The molecule has 1 aromatic heterocycles. The van der Waals surface area contributed by atoms with Crippen molar-refractivity contribution in [3.63, 3.8) is 0 Å². The summed E-state index contributed by atoms with van der Waals surface area (Å²) in [6.07, 6.45) is 0.915. The van der Waals surface area contributed by atoms with Gasteiger partial charge in [0.1, 0.15) is 12.4 Å². The Balaban J connectivity index is 1.88. The number of hydrogen-bond donors (Lipinski definition) is 1. The first-order valence-corrected chi connectivity index (χ1v) is 10.1. The highest BCUT2D eigenvalue weighted by Crippen LogP contribution is 2.38. The van der Waals surface area contributed by atoms with E-state index in [-0.39, 0.29) is 11.8 Å². The van der Waals surface area contributed by atoms with Crippen LogP contribution in [0.3, 0.4) is 0 Å². The lowest BCUT2D eigenvalue weighted by atomic mass is 9.92. The molecular weight excluding hydrogens is 360 g/mol. The molecule has 0 saturated heterocycles. The van der Waals surface area contributed by atoms with Gasteiger partial charge in [0.15, 0.2) is 0 Å². The van der Waals surface area contributed by atoms with Crippen LogP contribution in [-0.2, 0) is 4.79 Å². The SMILES string of the molecule is CC(C)CCN1C(=O)C(C)(C)COc2cc(NC(=O)c3cccs3)ccc21. The second-order valence-corrected chi connectivity index (χ2v) is 8.87. The first-order valence-electron chi connectivity index (χ1n) is 9.21. The van der Waals surface area contributed by atoms with Gasteiger partial charge >= 0.3 is 0 Å². The van der Waals surface area contributed by atoms with Crippen molar-refractivity contribution in [2.24, 2.45) is 11.3 Å². The number of ether oxygens (including phenoxy) is 1. The second-order valence-electron chi connectivity index (χ2n) is 7.93. The number of anilines is 2. The first-order chi connectivity index (χ1) is 12.8. The molecule has 0 bridgehead atoms. The number of nitrogens with one attached hydrogen (secondary N) is 1. The number of amides is 2. The molecule has 0 atom stereocenters. The Hall–Kier alpha value is -2.34. The Morgan fingerprint density at radius 3 is 2.78 bits per heavy atom.